The number of aryl methyl sites for hydroxylation is 1. The Kier molecular flexibility index (Phi) is 3.70. The maximum absolute atomic E-state index is 10.6. The van der Waals surface area contributed by atoms with Gasteiger partial charge in [-0.2, -0.15) is 4.98 Å². The van der Waals surface area contributed by atoms with Crippen molar-refractivity contribution in [2.24, 2.45) is 0 Å². The molecule has 1 saturated heterocycles. The van der Waals surface area contributed by atoms with Gasteiger partial charge in [-0.05, 0) is 0 Å². The fourth-order valence-corrected chi connectivity index (χ4v) is 1.90. The minimum Gasteiger partial charge on any atom is -0.480 e. The van der Waals surface area contributed by atoms with Crippen molar-refractivity contribution in [3.8, 4) is 0 Å². The van der Waals surface area contributed by atoms with Gasteiger partial charge in [0.2, 0.25) is 5.89 Å². The molecule has 1 aliphatic rings. The van der Waals surface area contributed by atoms with E-state index in [1.807, 2.05) is 4.90 Å². The number of hydrogen-bond donors (Lipinski definition) is 1. The van der Waals surface area contributed by atoms with Crippen molar-refractivity contribution in [3.63, 3.8) is 0 Å². The third-order valence-electron chi connectivity index (χ3n) is 2.76. The molecule has 0 unspecified atom stereocenters. The molecule has 0 aliphatic carbocycles. The van der Waals surface area contributed by atoms with Crippen molar-refractivity contribution in [2.45, 2.75) is 13.5 Å². The summed E-state index contributed by atoms with van der Waals surface area (Å²) in [5.41, 5.74) is 0. The Morgan fingerprint density at radius 1 is 1.35 bits per heavy atom. The largest absolute Gasteiger partial charge is 0.480 e. The van der Waals surface area contributed by atoms with Crippen LogP contribution in [0.3, 0.4) is 0 Å². The van der Waals surface area contributed by atoms with E-state index in [-0.39, 0.29) is 6.54 Å². The average Bonchev–Trinajstić information content (AvgIpc) is 2.66. The van der Waals surface area contributed by atoms with E-state index in [4.69, 9.17) is 9.63 Å². The fraction of sp³-hybridized carbons (Fsp3) is 0.700. The van der Waals surface area contributed by atoms with Crippen molar-refractivity contribution in [2.75, 3.05) is 32.7 Å². The van der Waals surface area contributed by atoms with Crippen molar-refractivity contribution >= 4 is 5.97 Å². The zero-order valence-corrected chi connectivity index (χ0v) is 9.80. The Morgan fingerprint density at radius 2 is 2.00 bits per heavy atom. The number of rotatable bonds is 4. The first-order chi connectivity index (χ1) is 8.13. The first kappa shape index (κ1) is 12.0. The lowest BCUT2D eigenvalue weighted by Crippen LogP contribution is -2.47. The molecule has 0 atom stereocenters. The number of hydrogen-bond acceptors (Lipinski definition) is 6. The van der Waals surface area contributed by atoms with E-state index in [9.17, 15) is 4.79 Å². The molecule has 1 N–H and O–H groups in total. The second-order valence-corrected chi connectivity index (χ2v) is 4.18. The Balaban J connectivity index is 1.77. The average molecular weight is 240 g/mol. The molecule has 1 fully saturated rings. The Bertz CT molecular complexity index is 385. The highest BCUT2D eigenvalue weighted by atomic mass is 16.5. The van der Waals surface area contributed by atoms with E-state index < -0.39 is 5.97 Å². The van der Waals surface area contributed by atoms with Gasteiger partial charge in [0, 0.05) is 33.1 Å². The van der Waals surface area contributed by atoms with E-state index >= 15 is 0 Å². The summed E-state index contributed by atoms with van der Waals surface area (Å²) in [6.45, 7) is 5.75. The van der Waals surface area contributed by atoms with Gasteiger partial charge in [0.1, 0.15) is 0 Å². The standard InChI is InChI=1S/C10H16N4O3/c1-8-11-9(12-17-8)6-13-2-4-14(5-3-13)7-10(15)16/h2-7H2,1H3,(H,15,16). The van der Waals surface area contributed by atoms with Crippen LogP contribution in [0.2, 0.25) is 0 Å². The van der Waals surface area contributed by atoms with Crippen LogP contribution >= 0.6 is 0 Å². The smallest absolute Gasteiger partial charge is 0.317 e. The third-order valence-corrected chi connectivity index (χ3v) is 2.76. The molecule has 17 heavy (non-hydrogen) atoms. The molecular formula is C10H16N4O3. The summed E-state index contributed by atoms with van der Waals surface area (Å²) in [4.78, 5) is 18.8. The van der Waals surface area contributed by atoms with Crippen LogP contribution in [-0.4, -0.2) is 63.7 Å². The summed E-state index contributed by atoms with van der Waals surface area (Å²) in [5.74, 6) is 0.492. The maximum atomic E-state index is 10.6. The van der Waals surface area contributed by atoms with Gasteiger partial charge in [0.15, 0.2) is 5.82 Å². The van der Waals surface area contributed by atoms with Crippen LogP contribution in [0.15, 0.2) is 4.52 Å². The van der Waals surface area contributed by atoms with Gasteiger partial charge in [-0.25, -0.2) is 0 Å². The molecule has 7 heteroatoms. The van der Waals surface area contributed by atoms with E-state index in [1.165, 1.54) is 0 Å². The topological polar surface area (TPSA) is 82.7 Å². The zero-order valence-electron chi connectivity index (χ0n) is 9.80. The molecule has 1 aromatic rings. The van der Waals surface area contributed by atoms with E-state index in [0.717, 1.165) is 26.2 Å². The predicted octanol–water partition coefficient (Wildman–Crippen LogP) is -0.420. The lowest BCUT2D eigenvalue weighted by atomic mass is 10.3. The molecule has 2 rings (SSSR count). The van der Waals surface area contributed by atoms with Crippen LogP contribution < -0.4 is 0 Å². The summed E-state index contributed by atoms with van der Waals surface area (Å²) in [7, 11) is 0. The van der Waals surface area contributed by atoms with Crippen LogP contribution in [0.5, 0.6) is 0 Å². The van der Waals surface area contributed by atoms with Gasteiger partial charge in [-0.1, -0.05) is 5.16 Å². The number of aromatic nitrogens is 2. The van der Waals surface area contributed by atoms with Gasteiger partial charge in [-0.3, -0.25) is 14.6 Å². The van der Waals surface area contributed by atoms with E-state index in [0.29, 0.717) is 18.3 Å². The minimum absolute atomic E-state index is 0.120. The Hall–Kier alpha value is -1.47. The van der Waals surface area contributed by atoms with Crippen LogP contribution in [0.25, 0.3) is 0 Å². The summed E-state index contributed by atoms with van der Waals surface area (Å²) < 4.78 is 4.90. The number of piperazine rings is 1. The molecule has 1 aromatic heterocycles. The number of aliphatic carboxylic acids is 1. The van der Waals surface area contributed by atoms with Crippen LogP contribution in [0.1, 0.15) is 11.7 Å². The fourth-order valence-electron chi connectivity index (χ4n) is 1.90. The number of nitrogens with zero attached hydrogens (tertiary/aromatic N) is 4. The van der Waals surface area contributed by atoms with Crippen molar-refractivity contribution in [1.82, 2.24) is 19.9 Å². The monoisotopic (exact) mass is 240 g/mol. The molecule has 0 radical (unpaired) electrons. The third kappa shape index (κ3) is 3.50. The normalized spacial score (nSPS) is 18.4. The lowest BCUT2D eigenvalue weighted by molar-refractivity contribution is -0.138. The minimum atomic E-state index is -0.771. The highest BCUT2D eigenvalue weighted by molar-refractivity contribution is 5.69. The summed E-state index contributed by atoms with van der Waals surface area (Å²) in [5, 5.41) is 12.5. The highest BCUT2D eigenvalue weighted by Crippen LogP contribution is 2.06. The van der Waals surface area contributed by atoms with Gasteiger partial charge < -0.3 is 9.63 Å². The van der Waals surface area contributed by atoms with Gasteiger partial charge in [0.05, 0.1) is 13.1 Å². The van der Waals surface area contributed by atoms with E-state index in [2.05, 4.69) is 15.0 Å². The van der Waals surface area contributed by atoms with Crippen LogP contribution in [0.4, 0.5) is 0 Å². The van der Waals surface area contributed by atoms with E-state index in [1.54, 1.807) is 6.92 Å². The second-order valence-electron chi connectivity index (χ2n) is 4.18. The molecule has 0 spiro atoms. The molecule has 0 saturated carbocycles. The molecule has 0 aromatic carbocycles. The number of carboxylic acids is 1. The van der Waals surface area contributed by atoms with Crippen molar-refractivity contribution < 1.29 is 14.4 Å². The molecule has 1 aliphatic heterocycles. The highest BCUT2D eigenvalue weighted by Gasteiger charge is 2.19. The summed E-state index contributed by atoms with van der Waals surface area (Å²) >= 11 is 0. The molecule has 94 valence electrons. The molecule has 7 nitrogen and oxygen atoms in total. The summed E-state index contributed by atoms with van der Waals surface area (Å²) in [6, 6.07) is 0. The maximum Gasteiger partial charge on any atom is 0.317 e. The van der Waals surface area contributed by atoms with Gasteiger partial charge in [-0.15, -0.1) is 0 Å². The number of carbonyl (C=O) groups is 1. The van der Waals surface area contributed by atoms with Crippen LogP contribution in [-0.2, 0) is 11.3 Å². The number of carboxylic acid groups (broad SMARTS) is 1. The summed E-state index contributed by atoms with van der Waals surface area (Å²) in [6.07, 6.45) is 0. The first-order valence-corrected chi connectivity index (χ1v) is 5.59. The molecule has 0 bridgehead atoms. The molecule has 2 heterocycles. The Morgan fingerprint density at radius 3 is 2.53 bits per heavy atom. The molecule has 0 amide bonds. The van der Waals surface area contributed by atoms with Gasteiger partial charge >= 0.3 is 5.97 Å². The SMILES string of the molecule is Cc1nc(CN2CCN(CC(=O)O)CC2)no1. The van der Waals surface area contributed by atoms with Gasteiger partial charge in [0.25, 0.3) is 0 Å². The quantitative estimate of drug-likeness (QED) is 0.765. The second kappa shape index (κ2) is 5.24. The van der Waals surface area contributed by atoms with Crippen molar-refractivity contribution in [3.05, 3.63) is 11.7 Å². The predicted molar refractivity (Wildman–Crippen MR) is 58.4 cm³/mol. The van der Waals surface area contributed by atoms with Crippen molar-refractivity contribution in [1.29, 1.82) is 0 Å². The van der Waals surface area contributed by atoms with Crippen LogP contribution in [0, 0.1) is 6.92 Å². The Labute approximate surface area is 99.0 Å². The first-order valence-electron chi connectivity index (χ1n) is 5.59. The lowest BCUT2D eigenvalue weighted by Gasteiger charge is -2.32. The molecular weight excluding hydrogens is 224 g/mol. The zero-order chi connectivity index (χ0) is 12.3.